The Labute approximate surface area is 122 Å². The van der Waals surface area contributed by atoms with Crippen LogP contribution < -0.4 is 11.1 Å². The first kappa shape index (κ1) is 15.8. The van der Waals surface area contributed by atoms with Crippen LogP contribution in [0.2, 0.25) is 0 Å². The van der Waals surface area contributed by atoms with Gasteiger partial charge in [-0.05, 0) is 31.6 Å². The third kappa shape index (κ3) is 4.19. The van der Waals surface area contributed by atoms with Gasteiger partial charge in [-0.15, -0.1) is 0 Å². The van der Waals surface area contributed by atoms with Crippen molar-refractivity contribution in [3.63, 3.8) is 0 Å². The van der Waals surface area contributed by atoms with Crippen molar-refractivity contribution in [2.24, 2.45) is 11.7 Å². The minimum absolute atomic E-state index is 0.0116. The molecule has 20 heavy (non-hydrogen) atoms. The largest absolute Gasteiger partial charge is 0.376 e. The van der Waals surface area contributed by atoms with E-state index in [-0.39, 0.29) is 5.91 Å². The molecule has 2 aliphatic rings. The number of hydrogen-bond donors (Lipinski definition) is 2. The van der Waals surface area contributed by atoms with Gasteiger partial charge in [0.2, 0.25) is 5.91 Å². The number of nitrogens with two attached hydrogens (primary N) is 1. The number of hydrogen-bond acceptors (Lipinski definition) is 3. The van der Waals surface area contributed by atoms with E-state index in [0.717, 1.165) is 32.1 Å². The van der Waals surface area contributed by atoms with E-state index in [1.807, 2.05) is 0 Å². The molecule has 2 fully saturated rings. The SMILES string of the molecule is CC1CCCCC1OCCNC(=O)C1(N)CCCCC1. The van der Waals surface area contributed by atoms with E-state index in [1.165, 1.54) is 25.7 Å². The lowest BCUT2D eigenvalue weighted by Crippen LogP contribution is -2.55. The lowest BCUT2D eigenvalue weighted by atomic mass is 9.82. The number of carbonyl (C=O) groups excluding carboxylic acids is 1. The maximum Gasteiger partial charge on any atom is 0.240 e. The standard InChI is InChI=1S/C16H30N2O2/c1-13-7-3-4-8-14(13)20-12-11-18-15(19)16(17)9-5-2-6-10-16/h13-14H,2-12,17H2,1H3,(H,18,19). The van der Waals surface area contributed by atoms with Gasteiger partial charge in [-0.25, -0.2) is 0 Å². The fraction of sp³-hybridized carbons (Fsp3) is 0.938. The highest BCUT2D eigenvalue weighted by Gasteiger charge is 2.34. The Morgan fingerprint density at radius 3 is 2.60 bits per heavy atom. The topological polar surface area (TPSA) is 64.3 Å². The summed E-state index contributed by atoms with van der Waals surface area (Å²) in [5, 5.41) is 2.96. The van der Waals surface area contributed by atoms with Gasteiger partial charge in [0.05, 0.1) is 18.2 Å². The van der Waals surface area contributed by atoms with Crippen molar-refractivity contribution in [1.29, 1.82) is 0 Å². The maximum atomic E-state index is 12.1. The van der Waals surface area contributed by atoms with E-state index >= 15 is 0 Å². The summed E-state index contributed by atoms with van der Waals surface area (Å²) >= 11 is 0. The number of ether oxygens (including phenoxy) is 1. The van der Waals surface area contributed by atoms with Crippen molar-refractivity contribution >= 4 is 5.91 Å². The monoisotopic (exact) mass is 282 g/mol. The molecule has 2 saturated carbocycles. The van der Waals surface area contributed by atoms with Crippen molar-refractivity contribution in [2.75, 3.05) is 13.2 Å². The zero-order valence-electron chi connectivity index (χ0n) is 12.8. The molecule has 1 amide bonds. The summed E-state index contributed by atoms with van der Waals surface area (Å²) in [6.45, 7) is 3.46. The van der Waals surface area contributed by atoms with Crippen LogP contribution >= 0.6 is 0 Å². The van der Waals surface area contributed by atoms with Gasteiger partial charge in [0, 0.05) is 6.54 Å². The van der Waals surface area contributed by atoms with Crippen LogP contribution in [0.1, 0.15) is 64.7 Å². The predicted molar refractivity (Wildman–Crippen MR) is 80.4 cm³/mol. The molecule has 0 spiro atoms. The van der Waals surface area contributed by atoms with Crippen LogP contribution in [0.5, 0.6) is 0 Å². The summed E-state index contributed by atoms with van der Waals surface area (Å²) in [5.74, 6) is 0.663. The smallest absolute Gasteiger partial charge is 0.240 e. The Hall–Kier alpha value is -0.610. The second kappa shape index (κ2) is 7.41. The molecule has 4 heteroatoms. The Bertz CT molecular complexity index is 314. The second-order valence-corrected chi connectivity index (χ2v) is 6.64. The number of amides is 1. The van der Waals surface area contributed by atoms with E-state index in [1.54, 1.807) is 0 Å². The zero-order chi connectivity index (χ0) is 14.4. The van der Waals surface area contributed by atoms with Gasteiger partial charge in [-0.1, -0.05) is 39.0 Å². The van der Waals surface area contributed by atoms with Crippen molar-refractivity contribution in [3.05, 3.63) is 0 Å². The van der Waals surface area contributed by atoms with Crippen LogP contribution in [-0.4, -0.2) is 30.7 Å². The zero-order valence-corrected chi connectivity index (χ0v) is 12.8. The Morgan fingerprint density at radius 2 is 1.90 bits per heavy atom. The maximum absolute atomic E-state index is 12.1. The normalized spacial score (nSPS) is 29.9. The Kier molecular flexibility index (Phi) is 5.85. The number of rotatable bonds is 5. The average Bonchev–Trinajstić information content (AvgIpc) is 2.46. The van der Waals surface area contributed by atoms with Gasteiger partial charge < -0.3 is 15.8 Å². The number of carbonyl (C=O) groups is 1. The molecule has 2 unspecified atom stereocenters. The lowest BCUT2D eigenvalue weighted by Gasteiger charge is -2.32. The summed E-state index contributed by atoms with van der Waals surface area (Å²) in [6, 6.07) is 0. The minimum atomic E-state index is -0.629. The molecule has 0 aliphatic heterocycles. The second-order valence-electron chi connectivity index (χ2n) is 6.64. The first-order chi connectivity index (χ1) is 9.62. The van der Waals surface area contributed by atoms with Crippen molar-refractivity contribution in [2.45, 2.75) is 76.4 Å². The van der Waals surface area contributed by atoms with E-state index in [0.29, 0.717) is 25.2 Å². The highest BCUT2D eigenvalue weighted by molar-refractivity contribution is 5.86. The summed E-state index contributed by atoms with van der Waals surface area (Å²) < 4.78 is 5.91. The van der Waals surface area contributed by atoms with E-state index in [9.17, 15) is 4.79 Å². The van der Waals surface area contributed by atoms with Crippen LogP contribution in [0.3, 0.4) is 0 Å². The predicted octanol–water partition coefficient (Wildman–Crippen LogP) is 2.36. The molecule has 116 valence electrons. The van der Waals surface area contributed by atoms with Crippen LogP contribution in [0.25, 0.3) is 0 Å². The molecular formula is C16H30N2O2. The van der Waals surface area contributed by atoms with Crippen molar-refractivity contribution in [1.82, 2.24) is 5.32 Å². The van der Waals surface area contributed by atoms with Gasteiger partial charge >= 0.3 is 0 Å². The minimum Gasteiger partial charge on any atom is -0.376 e. The van der Waals surface area contributed by atoms with Crippen LogP contribution in [0, 0.1) is 5.92 Å². The van der Waals surface area contributed by atoms with Gasteiger partial charge in [-0.2, -0.15) is 0 Å². The number of nitrogens with one attached hydrogen (secondary N) is 1. The molecule has 0 bridgehead atoms. The van der Waals surface area contributed by atoms with Gasteiger partial charge in [0.15, 0.2) is 0 Å². The van der Waals surface area contributed by atoms with E-state index in [4.69, 9.17) is 10.5 Å². The van der Waals surface area contributed by atoms with E-state index in [2.05, 4.69) is 12.2 Å². The molecule has 0 saturated heterocycles. The molecule has 0 aromatic rings. The third-order valence-electron chi connectivity index (χ3n) is 4.95. The van der Waals surface area contributed by atoms with Crippen LogP contribution in [0.15, 0.2) is 0 Å². The first-order valence-corrected chi connectivity index (χ1v) is 8.31. The molecule has 2 rings (SSSR count). The quantitative estimate of drug-likeness (QED) is 0.761. The summed E-state index contributed by atoms with van der Waals surface area (Å²) in [7, 11) is 0. The molecular weight excluding hydrogens is 252 g/mol. The van der Waals surface area contributed by atoms with E-state index < -0.39 is 5.54 Å². The third-order valence-corrected chi connectivity index (χ3v) is 4.95. The summed E-state index contributed by atoms with van der Waals surface area (Å²) in [6.07, 6.45) is 10.4. The molecule has 0 radical (unpaired) electrons. The fourth-order valence-corrected chi connectivity index (χ4v) is 3.49. The molecule has 3 N–H and O–H groups in total. The highest BCUT2D eigenvalue weighted by atomic mass is 16.5. The van der Waals surface area contributed by atoms with Gasteiger partial charge in [0.25, 0.3) is 0 Å². The highest BCUT2D eigenvalue weighted by Crippen LogP contribution is 2.27. The molecule has 4 nitrogen and oxygen atoms in total. The van der Waals surface area contributed by atoms with Crippen molar-refractivity contribution < 1.29 is 9.53 Å². The molecule has 2 aliphatic carbocycles. The first-order valence-electron chi connectivity index (χ1n) is 8.31. The Morgan fingerprint density at radius 1 is 1.20 bits per heavy atom. The Balaban J connectivity index is 1.63. The molecule has 0 aromatic carbocycles. The molecule has 0 aromatic heterocycles. The average molecular weight is 282 g/mol. The fourth-order valence-electron chi connectivity index (χ4n) is 3.49. The molecule has 2 atom stereocenters. The van der Waals surface area contributed by atoms with Crippen LogP contribution in [0.4, 0.5) is 0 Å². The summed E-state index contributed by atoms with van der Waals surface area (Å²) in [5.41, 5.74) is 5.57. The summed E-state index contributed by atoms with van der Waals surface area (Å²) in [4.78, 5) is 12.1. The van der Waals surface area contributed by atoms with Crippen molar-refractivity contribution in [3.8, 4) is 0 Å². The van der Waals surface area contributed by atoms with Crippen LogP contribution in [-0.2, 0) is 9.53 Å². The van der Waals surface area contributed by atoms with Gasteiger partial charge in [-0.3, -0.25) is 4.79 Å². The molecule has 0 heterocycles. The lowest BCUT2D eigenvalue weighted by molar-refractivity contribution is -0.128. The van der Waals surface area contributed by atoms with Gasteiger partial charge in [0.1, 0.15) is 0 Å².